The Morgan fingerprint density at radius 2 is 1.96 bits per heavy atom. The number of hydrogen-bond donors (Lipinski definition) is 3. The number of amides is 3. The Bertz CT molecular complexity index is 543. The van der Waals surface area contributed by atoms with Crippen LogP contribution in [0.4, 0.5) is 4.79 Å². The molecule has 2 rings (SSSR count). The standard InChI is InChI=1S/C16H23N5O2/c1-17-15(18-9-5-8-13-6-3-2-4-7-13)19-10-11-21-14(22)12-20-16(21)23/h2-4,6-7H,5,8-12H2,1H3,(H,20,23)(H2,17,18,19). The Kier molecular flexibility index (Phi) is 6.40. The predicted molar refractivity (Wildman–Crippen MR) is 89.2 cm³/mol. The van der Waals surface area contributed by atoms with E-state index in [1.54, 1.807) is 7.05 Å². The molecule has 0 aromatic heterocycles. The van der Waals surface area contributed by atoms with Crippen LogP contribution in [0.25, 0.3) is 0 Å². The number of nitrogens with zero attached hydrogens (tertiary/aromatic N) is 2. The molecule has 3 N–H and O–H groups in total. The average Bonchev–Trinajstić information content (AvgIpc) is 2.89. The first-order valence-corrected chi connectivity index (χ1v) is 7.77. The molecule has 1 saturated heterocycles. The summed E-state index contributed by atoms with van der Waals surface area (Å²) in [5, 5.41) is 8.82. The summed E-state index contributed by atoms with van der Waals surface area (Å²) in [4.78, 5) is 28.2. The smallest absolute Gasteiger partial charge is 0.324 e. The van der Waals surface area contributed by atoms with E-state index in [9.17, 15) is 9.59 Å². The van der Waals surface area contributed by atoms with Gasteiger partial charge in [0.2, 0.25) is 5.91 Å². The summed E-state index contributed by atoms with van der Waals surface area (Å²) in [7, 11) is 1.69. The van der Waals surface area contributed by atoms with E-state index in [0.717, 1.165) is 19.4 Å². The molecular weight excluding hydrogens is 294 g/mol. The zero-order valence-corrected chi connectivity index (χ0v) is 13.3. The summed E-state index contributed by atoms with van der Waals surface area (Å²) in [6.45, 7) is 1.69. The Morgan fingerprint density at radius 1 is 1.22 bits per heavy atom. The maximum absolute atomic E-state index is 11.4. The van der Waals surface area contributed by atoms with Crippen LogP contribution < -0.4 is 16.0 Å². The Labute approximate surface area is 136 Å². The number of rotatable bonds is 7. The fourth-order valence-electron chi connectivity index (χ4n) is 2.33. The van der Waals surface area contributed by atoms with Crippen molar-refractivity contribution in [3.63, 3.8) is 0 Å². The summed E-state index contributed by atoms with van der Waals surface area (Å²) in [5.74, 6) is 0.479. The Morgan fingerprint density at radius 3 is 2.61 bits per heavy atom. The molecule has 1 aliphatic rings. The van der Waals surface area contributed by atoms with Crippen molar-refractivity contribution in [1.82, 2.24) is 20.9 Å². The molecule has 0 unspecified atom stereocenters. The molecule has 0 aliphatic carbocycles. The highest BCUT2D eigenvalue weighted by atomic mass is 16.2. The van der Waals surface area contributed by atoms with Gasteiger partial charge in [0.05, 0.1) is 6.54 Å². The van der Waals surface area contributed by atoms with Gasteiger partial charge in [-0.15, -0.1) is 0 Å². The highest BCUT2D eigenvalue weighted by Gasteiger charge is 2.27. The number of carbonyl (C=O) groups excluding carboxylic acids is 2. The second-order valence-corrected chi connectivity index (χ2v) is 5.22. The van der Waals surface area contributed by atoms with E-state index < -0.39 is 0 Å². The number of guanidine groups is 1. The molecule has 0 saturated carbocycles. The third-order valence-corrected chi connectivity index (χ3v) is 3.57. The van der Waals surface area contributed by atoms with Crippen LogP contribution in [0.15, 0.2) is 35.3 Å². The molecule has 1 heterocycles. The van der Waals surface area contributed by atoms with E-state index in [1.807, 2.05) is 18.2 Å². The molecule has 23 heavy (non-hydrogen) atoms. The predicted octanol–water partition coefficient (Wildman–Crippen LogP) is 0.336. The van der Waals surface area contributed by atoms with E-state index in [-0.39, 0.29) is 18.5 Å². The van der Waals surface area contributed by atoms with Gasteiger partial charge in [0.25, 0.3) is 0 Å². The molecule has 1 aliphatic heterocycles. The lowest BCUT2D eigenvalue weighted by Gasteiger charge is -2.15. The molecule has 1 fully saturated rings. The van der Waals surface area contributed by atoms with Crippen LogP contribution in [0.1, 0.15) is 12.0 Å². The lowest BCUT2D eigenvalue weighted by molar-refractivity contribution is -0.124. The number of aliphatic imine (C=N–C) groups is 1. The van der Waals surface area contributed by atoms with Crippen LogP contribution in [-0.2, 0) is 11.2 Å². The SMILES string of the molecule is CN=C(NCCCc1ccccc1)NCCN1C(=O)CNC1=O. The lowest BCUT2D eigenvalue weighted by atomic mass is 10.1. The quantitative estimate of drug-likeness (QED) is 0.293. The van der Waals surface area contributed by atoms with Gasteiger partial charge in [0, 0.05) is 26.7 Å². The third kappa shape index (κ3) is 5.28. The minimum atomic E-state index is -0.331. The number of carbonyl (C=O) groups is 2. The normalized spacial score (nSPS) is 14.8. The second-order valence-electron chi connectivity index (χ2n) is 5.22. The number of urea groups is 1. The number of hydrogen-bond acceptors (Lipinski definition) is 3. The van der Waals surface area contributed by atoms with Crippen LogP contribution in [0.2, 0.25) is 0 Å². The van der Waals surface area contributed by atoms with Crippen molar-refractivity contribution < 1.29 is 9.59 Å². The summed E-state index contributed by atoms with van der Waals surface area (Å²) < 4.78 is 0. The maximum atomic E-state index is 11.4. The first-order valence-electron chi connectivity index (χ1n) is 7.77. The molecule has 7 nitrogen and oxygen atoms in total. The monoisotopic (exact) mass is 317 g/mol. The van der Waals surface area contributed by atoms with Gasteiger partial charge in [-0.05, 0) is 18.4 Å². The minimum Gasteiger partial charge on any atom is -0.356 e. The van der Waals surface area contributed by atoms with Crippen LogP contribution >= 0.6 is 0 Å². The van der Waals surface area contributed by atoms with Crippen molar-refractivity contribution >= 4 is 17.9 Å². The van der Waals surface area contributed by atoms with Crippen molar-refractivity contribution in [1.29, 1.82) is 0 Å². The molecule has 3 amide bonds. The first kappa shape index (κ1) is 16.8. The van der Waals surface area contributed by atoms with Crippen molar-refractivity contribution in [3.05, 3.63) is 35.9 Å². The summed E-state index contributed by atoms with van der Waals surface area (Å²) >= 11 is 0. The van der Waals surface area contributed by atoms with Gasteiger partial charge < -0.3 is 16.0 Å². The van der Waals surface area contributed by atoms with Crippen LogP contribution in [0.3, 0.4) is 0 Å². The molecule has 0 atom stereocenters. The molecular formula is C16H23N5O2. The summed E-state index contributed by atoms with van der Waals surface area (Å²) in [6.07, 6.45) is 2.00. The Hall–Kier alpha value is -2.57. The van der Waals surface area contributed by atoms with Gasteiger partial charge in [0.1, 0.15) is 0 Å². The maximum Gasteiger partial charge on any atom is 0.324 e. The van der Waals surface area contributed by atoms with Crippen LogP contribution in [-0.4, -0.2) is 56.0 Å². The molecule has 0 radical (unpaired) electrons. The van der Waals surface area contributed by atoms with Gasteiger partial charge >= 0.3 is 6.03 Å². The van der Waals surface area contributed by atoms with Gasteiger partial charge in [-0.2, -0.15) is 0 Å². The molecule has 124 valence electrons. The van der Waals surface area contributed by atoms with E-state index in [4.69, 9.17) is 0 Å². The summed E-state index contributed by atoms with van der Waals surface area (Å²) in [5.41, 5.74) is 1.32. The van der Waals surface area contributed by atoms with Crippen molar-refractivity contribution in [2.75, 3.05) is 33.2 Å². The zero-order valence-electron chi connectivity index (χ0n) is 13.3. The highest BCUT2D eigenvalue weighted by molar-refractivity contribution is 6.01. The van der Waals surface area contributed by atoms with E-state index in [0.29, 0.717) is 19.0 Å². The largest absolute Gasteiger partial charge is 0.356 e. The minimum absolute atomic E-state index is 0.0886. The van der Waals surface area contributed by atoms with E-state index >= 15 is 0 Å². The molecule has 1 aromatic carbocycles. The van der Waals surface area contributed by atoms with E-state index in [2.05, 4.69) is 33.1 Å². The fourth-order valence-corrected chi connectivity index (χ4v) is 2.33. The van der Waals surface area contributed by atoms with Gasteiger partial charge in [-0.1, -0.05) is 30.3 Å². The number of imide groups is 1. The first-order chi connectivity index (χ1) is 11.2. The van der Waals surface area contributed by atoms with Gasteiger partial charge in [-0.25, -0.2) is 4.79 Å². The van der Waals surface area contributed by atoms with Crippen LogP contribution in [0, 0.1) is 0 Å². The molecule has 7 heteroatoms. The summed E-state index contributed by atoms with van der Waals surface area (Å²) in [6, 6.07) is 10.00. The highest BCUT2D eigenvalue weighted by Crippen LogP contribution is 2.01. The zero-order chi connectivity index (χ0) is 16.5. The third-order valence-electron chi connectivity index (χ3n) is 3.57. The number of aryl methyl sites for hydroxylation is 1. The average molecular weight is 317 g/mol. The van der Waals surface area contributed by atoms with Crippen LogP contribution in [0.5, 0.6) is 0 Å². The number of nitrogens with one attached hydrogen (secondary N) is 3. The van der Waals surface area contributed by atoms with Crippen molar-refractivity contribution in [3.8, 4) is 0 Å². The van der Waals surface area contributed by atoms with Crippen molar-refractivity contribution in [2.45, 2.75) is 12.8 Å². The molecule has 1 aromatic rings. The second kappa shape index (κ2) is 8.77. The molecule has 0 spiro atoms. The van der Waals surface area contributed by atoms with Crippen molar-refractivity contribution in [2.24, 2.45) is 4.99 Å². The topological polar surface area (TPSA) is 85.8 Å². The fraction of sp³-hybridized carbons (Fsp3) is 0.438. The van der Waals surface area contributed by atoms with Gasteiger partial charge in [0.15, 0.2) is 5.96 Å². The number of benzene rings is 1. The lowest BCUT2D eigenvalue weighted by Crippen LogP contribution is -2.43. The van der Waals surface area contributed by atoms with E-state index in [1.165, 1.54) is 10.5 Å². The van der Waals surface area contributed by atoms with Gasteiger partial charge in [-0.3, -0.25) is 14.7 Å². The Balaban J connectivity index is 1.62. The molecule has 0 bridgehead atoms.